The van der Waals surface area contributed by atoms with E-state index in [4.69, 9.17) is 0 Å². The summed E-state index contributed by atoms with van der Waals surface area (Å²) in [7, 11) is 1.66. The third-order valence-electron chi connectivity index (χ3n) is 5.34. The highest BCUT2D eigenvalue weighted by Crippen LogP contribution is 2.20. The molecule has 0 spiro atoms. The Morgan fingerprint density at radius 2 is 1.75 bits per heavy atom. The molecule has 3 aromatic heterocycles. The summed E-state index contributed by atoms with van der Waals surface area (Å²) in [4.78, 5) is 30.6. The maximum Gasteiger partial charge on any atom is 0.332 e. The van der Waals surface area contributed by atoms with Gasteiger partial charge in [0.1, 0.15) is 0 Å². The fraction of sp³-hybridized carbons (Fsp3) is 0.286. The van der Waals surface area contributed by atoms with Crippen LogP contribution in [0.2, 0.25) is 0 Å². The molecule has 7 heteroatoms. The van der Waals surface area contributed by atoms with Crippen molar-refractivity contribution >= 4 is 23.0 Å². The average Bonchev–Trinajstić information content (AvgIpc) is 3.19. The van der Waals surface area contributed by atoms with Crippen LogP contribution in [-0.2, 0) is 20.1 Å². The number of hydrogen-bond acceptors (Lipinski definition) is 3. The largest absolute Gasteiger partial charge is 0.332 e. The maximum atomic E-state index is 13.2. The molecule has 28 heavy (non-hydrogen) atoms. The van der Waals surface area contributed by atoms with Gasteiger partial charge in [0.15, 0.2) is 11.2 Å². The van der Waals surface area contributed by atoms with Crippen LogP contribution in [0.5, 0.6) is 0 Å². The first kappa shape index (κ1) is 18.0. The van der Waals surface area contributed by atoms with Crippen molar-refractivity contribution in [2.24, 2.45) is 7.05 Å². The van der Waals surface area contributed by atoms with Crippen molar-refractivity contribution in [1.82, 2.24) is 23.1 Å². The van der Waals surface area contributed by atoms with E-state index in [0.717, 1.165) is 23.5 Å². The van der Waals surface area contributed by atoms with Gasteiger partial charge in [-0.1, -0.05) is 42.5 Å². The molecule has 0 atom stereocenters. The molecule has 0 amide bonds. The Balaban J connectivity index is 1.93. The molecule has 7 nitrogen and oxygen atoms in total. The first-order valence-corrected chi connectivity index (χ1v) is 9.35. The Hall–Kier alpha value is -3.35. The van der Waals surface area contributed by atoms with Crippen LogP contribution in [0.1, 0.15) is 23.9 Å². The van der Waals surface area contributed by atoms with Gasteiger partial charge in [-0.2, -0.15) is 4.98 Å². The third-order valence-corrected chi connectivity index (χ3v) is 5.34. The molecule has 0 saturated carbocycles. The first-order chi connectivity index (χ1) is 13.5. The number of fused-ring (bicyclic) bond motifs is 3. The molecule has 4 aromatic rings. The van der Waals surface area contributed by atoms with Crippen LogP contribution in [-0.4, -0.2) is 23.1 Å². The van der Waals surface area contributed by atoms with E-state index in [1.165, 1.54) is 9.13 Å². The minimum Gasteiger partial charge on any atom is -0.314 e. The molecular formula is C21H23N5O2. The molecular weight excluding hydrogens is 354 g/mol. The van der Waals surface area contributed by atoms with Crippen molar-refractivity contribution in [2.45, 2.75) is 33.9 Å². The summed E-state index contributed by atoms with van der Waals surface area (Å²) in [5.74, 6) is 0.692. The molecule has 0 N–H and O–H groups in total. The highest BCUT2D eigenvalue weighted by molar-refractivity contribution is 5.76. The predicted octanol–water partition coefficient (Wildman–Crippen LogP) is 2.50. The van der Waals surface area contributed by atoms with Gasteiger partial charge in [0.25, 0.3) is 5.56 Å². The van der Waals surface area contributed by atoms with E-state index in [1.807, 2.05) is 67.7 Å². The van der Waals surface area contributed by atoms with Crippen molar-refractivity contribution in [2.75, 3.05) is 0 Å². The molecule has 0 bridgehead atoms. The van der Waals surface area contributed by atoms with Crippen LogP contribution in [0.3, 0.4) is 0 Å². The van der Waals surface area contributed by atoms with Gasteiger partial charge in [0.2, 0.25) is 5.78 Å². The number of aryl methyl sites for hydroxylation is 3. The minimum absolute atomic E-state index is 0.204. The molecule has 0 aliphatic rings. The lowest BCUT2D eigenvalue weighted by atomic mass is 10.2. The van der Waals surface area contributed by atoms with Gasteiger partial charge < -0.3 is 4.57 Å². The van der Waals surface area contributed by atoms with Crippen molar-refractivity contribution < 1.29 is 0 Å². The molecule has 0 fully saturated rings. The minimum atomic E-state index is -0.367. The molecule has 0 aliphatic heterocycles. The number of hydrogen-bond donors (Lipinski definition) is 0. The molecule has 3 heterocycles. The zero-order valence-electron chi connectivity index (χ0n) is 16.5. The normalized spacial score (nSPS) is 12.0. The Labute approximate surface area is 161 Å². The fourth-order valence-corrected chi connectivity index (χ4v) is 3.71. The van der Waals surface area contributed by atoms with E-state index in [9.17, 15) is 9.59 Å². The van der Waals surface area contributed by atoms with E-state index in [0.29, 0.717) is 16.9 Å². The Kier molecular flexibility index (Phi) is 4.30. The Morgan fingerprint density at radius 1 is 1.04 bits per heavy atom. The molecule has 0 unspecified atom stereocenters. The zero-order valence-corrected chi connectivity index (χ0v) is 16.5. The topological polar surface area (TPSA) is 66.2 Å². The lowest BCUT2D eigenvalue weighted by molar-refractivity contribution is 0.667. The second-order valence-electron chi connectivity index (χ2n) is 6.90. The van der Waals surface area contributed by atoms with Crippen molar-refractivity contribution in [1.29, 1.82) is 0 Å². The van der Waals surface area contributed by atoms with E-state index < -0.39 is 0 Å². The molecule has 0 saturated heterocycles. The summed E-state index contributed by atoms with van der Waals surface area (Å²) < 4.78 is 6.63. The van der Waals surface area contributed by atoms with Gasteiger partial charge in [0, 0.05) is 31.5 Å². The second-order valence-corrected chi connectivity index (χ2v) is 6.90. The van der Waals surface area contributed by atoms with Gasteiger partial charge in [-0.3, -0.25) is 18.3 Å². The smallest absolute Gasteiger partial charge is 0.314 e. The summed E-state index contributed by atoms with van der Waals surface area (Å²) in [6.45, 7) is 6.98. The summed E-state index contributed by atoms with van der Waals surface area (Å²) in [6.07, 6.45) is 3.74. The molecule has 0 radical (unpaired) electrons. The lowest BCUT2D eigenvalue weighted by Crippen LogP contribution is -2.39. The number of rotatable bonds is 4. The van der Waals surface area contributed by atoms with Crippen molar-refractivity contribution in [3.05, 3.63) is 74.2 Å². The zero-order chi connectivity index (χ0) is 20.0. The number of benzene rings is 1. The van der Waals surface area contributed by atoms with E-state index in [2.05, 4.69) is 9.55 Å². The van der Waals surface area contributed by atoms with E-state index >= 15 is 0 Å². The number of allylic oxidation sites excluding steroid dienone is 1. The molecule has 4 rings (SSSR count). The highest BCUT2D eigenvalue weighted by Gasteiger charge is 2.21. The number of nitrogens with zero attached hydrogens (tertiary/aromatic N) is 5. The Bertz CT molecular complexity index is 1330. The Morgan fingerprint density at radius 3 is 2.43 bits per heavy atom. The highest BCUT2D eigenvalue weighted by atomic mass is 16.2. The van der Waals surface area contributed by atoms with E-state index in [-0.39, 0.29) is 17.8 Å². The number of imidazole rings is 2. The standard InChI is InChI=1S/C21H23N5O2/c1-5-24-14(2)15(3)26-17-18(22-20(24)26)23(4)21(28)25(19(17)27)13-9-12-16-10-7-6-8-11-16/h6-12H,5,13H2,1-4H3. The van der Waals surface area contributed by atoms with Crippen LogP contribution >= 0.6 is 0 Å². The maximum absolute atomic E-state index is 13.2. The summed E-state index contributed by atoms with van der Waals surface area (Å²) in [5.41, 5.74) is 3.22. The van der Waals surface area contributed by atoms with Gasteiger partial charge in [-0.05, 0) is 26.3 Å². The molecule has 144 valence electrons. The lowest BCUT2D eigenvalue weighted by Gasteiger charge is -2.06. The molecule has 0 aliphatic carbocycles. The van der Waals surface area contributed by atoms with Crippen molar-refractivity contribution in [3.8, 4) is 0 Å². The van der Waals surface area contributed by atoms with Gasteiger partial charge in [-0.25, -0.2) is 4.79 Å². The van der Waals surface area contributed by atoms with Crippen LogP contribution in [0.15, 0.2) is 46.0 Å². The first-order valence-electron chi connectivity index (χ1n) is 9.35. The average molecular weight is 377 g/mol. The third kappa shape index (κ3) is 2.54. The van der Waals surface area contributed by atoms with Crippen LogP contribution in [0.25, 0.3) is 23.0 Å². The number of aromatic nitrogens is 5. The second kappa shape index (κ2) is 6.67. The van der Waals surface area contributed by atoms with Gasteiger partial charge in [0.05, 0.1) is 0 Å². The molecule has 1 aromatic carbocycles. The van der Waals surface area contributed by atoms with Crippen LogP contribution < -0.4 is 11.2 Å². The monoisotopic (exact) mass is 377 g/mol. The van der Waals surface area contributed by atoms with Crippen LogP contribution in [0, 0.1) is 13.8 Å². The van der Waals surface area contributed by atoms with E-state index in [1.54, 1.807) is 7.05 Å². The predicted molar refractivity (Wildman–Crippen MR) is 111 cm³/mol. The SMILES string of the molecule is CCn1c(C)c(C)n2c3c(=O)n(CC=Cc4ccccc4)c(=O)n(C)c3nc12. The van der Waals surface area contributed by atoms with Crippen LogP contribution in [0.4, 0.5) is 0 Å². The summed E-state index contributed by atoms with van der Waals surface area (Å²) in [6, 6.07) is 9.79. The van der Waals surface area contributed by atoms with Gasteiger partial charge in [-0.15, -0.1) is 0 Å². The summed E-state index contributed by atoms with van der Waals surface area (Å²) in [5, 5.41) is 0. The van der Waals surface area contributed by atoms with Gasteiger partial charge >= 0.3 is 5.69 Å². The fourth-order valence-electron chi connectivity index (χ4n) is 3.71. The van der Waals surface area contributed by atoms with Crippen molar-refractivity contribution in [3.63, 3.8) is 0 Å². The summed E-state index contributed by atoms with van der Waals surface area (Å²) >= 11 is 0. The quantitative estimate of drug-likeness (QED) is 0.549.